The fourth-order valence-corrected chi connectivity index (χ4v) is 7.66. The number of benzene rings is 3. The molecule has 6 rings (SSSR count). The van der Waals surface area contributed by atoms with Crippen LogP contribution in [0.15, 0.2) is 60.7 Å². The lowest BCUT2D eigenvalue weighted by atomic mass is 9.71. The zero-order valence-corrected chi connectivity index (χ0v) is 26.2. The maximum absolute atomic E-state index is 16.2. The number of nitrogens with one attached hydrogen (secondary N) is 1. The number of rotatable bonds is 7. The largest absolute Gasteiger partial charge is 0.489 e. The first-order chi connectivity index (χ1) is 21.2. The van der Waals surface area contributed by atoms with E-state index < -0.39 is 23.3 Å². The number of alkyl halides is 1. The molecule has 1 N–H and O–H groups in total. The van der Waals surface area contributed by atoms with Gasteiger partial charge in [0.05, 0.1) is 6.04 Å². The molecule has 2 saturated heterocycles. The van der Waals surface area contributed by atoms with Crippen LogP contribution in [0.25, 0.3) is 0 Å². The highest BCUT2D eigenvalue weighted by Gasteiger charge is 2.38. The number of fused-ring (bicyclic) bond motifs is 1. The molecule has 0 aromatic heterocycles. The molecule has 3 aliphatic rings. The van der Waals surface area contributed by atoms with E-state index in [1.807, 2.05) is 53.4 Å². The van der Waals surface area contributed by atoms with Crippen molar-refractivity contribution in [1.82, 2.24) is 10.2 Å². The molecule has 3 heterocycles. The third-order valence-corrected chi connectivity index (χ3v) is 9.92. The Bertz CT molecular complexity index is 1380. The molecule has 3 aromatic rings. The summed E-state index contributed by atoms with van der Waals surface area (Å²) in [7, 11) is 0. The van der Waals surface area contributed by atoms with E-state index in [-0.39, 0.29) is 12.1 Å². The van der Waals surface area contributed by atoms with Gasteiger partial charge in [-0.3, -0.25) is 4.90 Å². The summed E-state index contributed by atoms with van der Waals surface area (Å²) in [6, 6.07) is 18.0. The van der Waals surface area contributed by atoms with Crippen molar-refractivity contribution >= 4 is 5.69 Å². The van der Waals surface area contributed by atoms with E-state index in [0.29, 0.717) is 36.4 Å². The van der Waals surface area contributed by atoms with Crippen LogP contribution in [0.1, 0.15) is 80.7 Å². The Hall–Kier alpha value is -3.03. The van der Waals surface area contributed by atoms with E-state index in [4.69, 9.17) is 4.74 Å². The van der Waals surface area contributed by atoms with Gasteiger partial charge in [-0.2, -0.15) is 0 Å². The van der Waals surface area contributed by atoms with Crippen molar-refractivity contribution in [2.75, 3.05) is 44.2 Å². The molecule has 3 aliphatic heterocycles. The number of ether oxygens (including phenoxy) is 1. The molecule has 0 bridgehead atoms. The number of nitrogens with zero attached hydrogens (tertiary/aromatic N) is 2. The molecule has 0 aliphatic carbocycles. The normalized spacial score (nSPS) is 21.0. The monoisotopic (exact) mass is 605 g/mol. The number of halogens is 3. The van der Waals surface area contributed by atoms with Crippen LogP contribution in [0.5, 0.6) is 5.75 Å². The SMILES string of the molecule is CC(C)(F)CN1CCc2cc(OCc3ccccc3)ccc2C1c1c(F)cc(N2CCC3(CCCNCCC3)CC2)cc1F. The summed E-state index contributed by atoms with van der Waals surface area (Å²) in [6.07, 6.45) is 7.58. The van der Waals surface area contributed by atoms with E-state index >= 15 is 13.2 Å². The van der Waals surface area contributed by atoms with E-state index in [1.165, 1.54) is 51.7 Å². The summed E-state index contributed by atoms with van der Waals surface area (Å²) < 4.78 is 53.4. The van der Waals surface area contributed by atoms with Crippen LogP contribution in [0.4, 0.5) is 18.9 Å². The number of hydrogen-bond donors (Lipinski definition) is 1. The highest BCUT2D eigenvalue weighted by atomic mass is 19.1. The third-order valence-electron chi connectivity index (χ3n) is 9.92. The summed E-state index contributed by atoms with van der Waals surface area (Å²) in [4.78, 5) is 4.04. The van der Waals surface area contributed by atoms with E-state index in [0.717, 1.165) is 55.7 Å². The van der Waals surface area contributed by atoms with Crippen molar-refractivity contribution < 1.29 is 17.9 Å². The van der Waals surface area contributed by atoms with Gasteiger partial charge in [-0.05, 0) is 118 Å². The van der Waals surface area contributed by atoms with Crippen LogP contribution >= 0.6 is 0 Å². The lowest BCUT2D eigenvalue weighted by molar-refractivity contribution is 0.0972. The minimum Gasteiger partial charge on any atom is -0.489 e. The highest BCUT2D eigenvalue weighted by Crippen LogP contribution is 2.44. The van der Waals surface area contributed by atoms with Gasteiger partial charge < -0.3 is 15.0 Å². The van der Waals surface area contributed by atoms with Gasteiger partial charge in [0.15, 0.2) is 0 Å². The van der Waals surface area contributed by atoms with E-state index in [2.05, 4.69) is 10.2 Å². The fraction of sp³-hybridized carbons (Fsp3) is 0.514. The number of piperidine rings is 1. The molecular weight excluding hydrogens is 559 g/mol. The van der Waals surface area contributed by atoms with Gasteiger partial charge in [0.25, 0.3) is 0 Å². The van der Waals surface area contributed by atoms with Crippen LogP contribution in [0.3, 0.4) is 0 Å². The number of anilines is 1. The van der Waals surface area contributed by atoms with Crippen LogP contribution in [0.2, 0.25) is 0 Å². The topological polar surface area (TPSA) is 27.7 Å². The molecular formula is C37H46F3N3O. The molecule has 0 radical (unpaired) electrons. The quantitative estimate of drug-likeness (QED) is 0.296. The standard InChI is InChI=1S/C37H46F3N3O/c1-36(2,40)26-43-19-12-28-22-30(44-25-27-8-4-3-5-9-27)10-11-31(28)35(43)34-32(38)23-29(24-33(34)39)42-20-15-37(16-21-42)13-6-17-41-18-7-14-37/h3-5,8-11,22-24,35,41H,6-7,12-21,25-26H2,1-2H3. The summed E-state index contributed by atoms with van der Waals surface area (Å²) in [5, 5.41) is 3.50. The Kier molecular flexibility index (Phi) is 9.25. The molecule has 44 heavy (non-hydrogen) atoms. The van der Waals surface area contributed by atoms with Crippen LogP contribution in [-0.4, -0.2) is 49.8 Å². The van der Waals surface area contributed by atoms with Gasteiger partial charge in [-0.15, -0.1) is 0 Å². The molecule has 2 fully saturated rings. The minimum atomic E-state index is -1.52. The highest BCUT2D eigenvalue weighted by molar-refractivity contribution is 5.52. The van der Waals surface area contributed by atoms with E-state index in [1.54, 1.807) is 0 Å². The van der Waals surface area contributed by atoms with Crippen molar-refractivity contribution in [2.45, 2.75) is 77.1 Å². The Morgan fingerprint density at radius 2 is 1.57 bits per heavy atom. The molecule has 4 nitrogen and oxygen atoms in total. The zero-order chi connectivity index (χ0) is 30.7. The lowest BCUT2D eigenvalue weighted by Gasteiger charge is -2.44. The Morgan fingerprint density at radius 3 is 2.23 bits per heavy atom. The first kappa shape index (κ1) is 31.0. The number of hydrogen-bond acceptors (Lipinski definition) is 4. The Labute approximate surface area is 260 Å². The smallest absolute Gasteiger partial charge is 0.133 e. The first-order valence-corrected chi connectivity index (χ1v) is 16.4. The second kappa shape index (κ2) is 13.1. The van der Waals surface area contributed by atoms with Crippen LogP contribution in [0, 0.1) is 17.0 Å². The molecule has 0 saturated carbocycles. The second-order valence-corrected chi connectivity index (χ2v) is 13.7. The third kappa shape index (κ3) is 7.10. The maximum atomic E-state index is 16.2. The summed E-state index contributed by atoms with van der Waals surface area (Å²) in [5.74, 6) is -0.423. The van der Waals surface area contributed by atoms with Crippen molar-refractivity contribution in [3.05, 3.63) is 94.6 Å². The Morgan fingerprint density at radius 1 is 0.886 bits per heavy atom. The fourth-order valence-electron chi connectivity index (χ4n) is 7.66. The van der Waals surface area contributed by atoms with Crippen molar-refractivity contribution in [3.8, 4) is 5.75 Å². The van der Waals surface area contributed by atoms with Gasteiger partial charge in [0, 0.05) is 37.4 Å². The molecule has 1 atom stereocenters. The van der Waals surface area contributed by atoms with Gasteiger partial charge in [-0.25, -0.2) is 13.2 Å². The summed E-state index contributed by atoms with van der Waals surface area (Å²) in [5.41, 5.74) is 2.28. The molecule has 7 heteroatoms. The molecule has 1 spiro atoms. The van der Waals surface area contributed by atoms with Crippen LogP contribution in [-0.2, 0) is 13.0 Å². The predicted octanol–water partition coefficient (Wildman–Crippen LogP) is 7.99. The van der Waals surface area contributed by atoms with Crippen molar-refractivity contribution in [1.29, 1.82) is 0 Å². The maximum Gasteiger partial charge on any atom is 0.133 e. The van der Waals surface area contributed by atoms with Crippen LogP contribution < -0.4 is 15.0 Å². The first-order valence-electron chi connectivity index (χ1n) is 16.4. The van der Waals surface area contributed by atoms with Gasteiger partial charge in [0.2, 0.25) is 0 Å². The van der Waals surface area contributed by atoms with Crippen molar-refractivity contribution in [2.24, 2.45) is 5.41 Å². The molecule has 1 unspecified atom stereocenters. The predicted molar refractivity (Wildman–Crippen MR) is 171 cm³/mol. The molecule has 3 aromatic carbocycles. The average Bonchev–Trinajstić information content (AvgIpc) is 2.99. The zero-order valence-electron chi connectivity index (χ0n) is 26.2. The summed E-state index contributed by atoms with van der Waals surface area (Å²) >= 11 is 0. The minimum absolute atomic E-state index is 0.00194. The van der Waals surface area contributed by atoms with Gasteiger partial charge in [-0.1, -0.05) is 36.4 Å². The van der Waals surface area contributed by atoms with Crippen molar-refractivity contribution in [3.63, 3.8) is 0 Å². The van der Waals surface area contributed by atoms with Gasteiger partial charge in [0.1, 0.15) is 29.7 Å². The lowest BCUT2D eigenvalue weighted by Crippen LogP contribution is -2.43. The van der Waals surface area contributed by atoms with Gasteiger partial charge >= 0.3 is 0 Å². The molecule has 236 valence electrons. The summed E-state index contributed by atoms with van der Waals surface area (Å²) in [6.45, 7) is 7.82. The van der Waals surface area contributed by atoms with E-state index in [9.17, 15) is 0 Å². The molecule has 0 amide bonds. The second-order valence-electron chi connectivity index (χ2n) is 13.7. The Balaban J connectivity index is 1.25. The average molecular weight is 606 g/mol.